The highest BCUT2D eigenvalue weighted by atomic mass is 15.2. The van der Waals surface area contributed by atoms with Crippen molar-refractivity contribution in [2.24, 2.45) is 0 Å². The van der Waals surface area contributed by atoms with Gasteiger partial charge in [0.2, 0.25) is 5.95 Å². The Bertz CT molecular complexity index is 4500. The molecule has 0 unspecified atom stereocenters. The lowest BCUT2D eigenvalue weighted by molar-refractivity contribution is 0.589. The highest BCUT2D eigenvalue weighted by Crippen LogP contribution is 2.52. The van der Waals surface area contributed by atoms with Gasteiger partial charge in [0.1, 0.15) is 0 Å². The van der Waals surface area contributed by atoms with Crippen molar-refractivity contribution in [1.82, 2.24) is 19.5 Å². The summed E-state index contributed by atoms with van der Waals surface area (Å²) in [5, 5.41) is 4.48. The monoisotopic (exact) mass is 1100 g/mol. The van der Waals surface area contributed by atoms with Crippen LogP contribution < -0.4 is 9.80 Å². The molecule has 0 N–H and O–H groups in total. The lowest BCUT2D eigenvalue weighted by atomic mass is 9.83. The second-order valence-electron chi connectivity index (χ2n) is 25.4. The Hall–Kier alpha value is -9.91. The number of hydrogen-bond donors (Lipinski definition) is 0. The van der Waals surface area contributed by atoms with Gasteiger partial charge in [0, 0.05) is 50.2 Å². The summed E-state index contributed by atoms with van der Waals surface area (Å²) in [5.74, 6) is 1.74. The summed E-state index contributed by atoms with van der Waals surface area (Å²) >= 11 is 0. The normalized spacial score (nSPS) is 12.1. The molecule has 0 amide bonds. The van der Waals surface area contributed by atoms with Gasteiger partial charge in [0.05, 0.1) is 22.4 Å². The molecule has 0 spiro atoms. The van der Waals surface area contributed by atoms with Gasteiger partial charge in [0.15, 0.2) is 11.6 Å². The van der Waals surface area contributed by atoms with Gasteiger partial charge in [-0.25, -0.2) is 4.98 Å². The SMILES string of the molecule is CC(C)(C)c1ccc(N(c2ccc(-c3nc(-c4cccc5ccccc45)nc(-n4c5ccccc5c5ccccc54)n3)cc2)c2cc(C(C)(C)C)cc(N(c3ccc(C(C)(C)C)cc3)c3cccc(-c4ccccc4)c3)c2-c2ccccc2)cc1. The minimum absolute atomic E-state index is 0.0269. The minimum Gasteiger partial charge on any atom is -0.310 e. The van der Waals surface area contributed by atoms with Crippen molar-refractivity contribution in [1.29, 1.82) is 0 Å². The molecule has 11 aromatic carbocycles. The number of fused-ring (bicyclic) bond motifs is 4. The predicted octanol–water partition coefficient (Wildman–Crippen LogP) is 21.6. The Morgan fingerprint density at radius 3 is 1.29 bits per heavy atom. The molecule has 0 fully saturated rings. The summed E-state index contributed by atoms with van der Waals surface area (Å²) in [6, 6.07) is 94.5. The number of hydrogen-bond acceptors (Lipinski definition) is 5. The molecule has 0 saturated carbocycles. The van der Waals surface area contributed by atoms with Crippen LogP contribution in [0, 0.1) is 0 Å². The van der Waals surface area contributed by atoms with E-state index in [1.54, 1.807) is 0 Å². The first-order valence-corrected chi connectivity index (χ1v) is 29.6. The molecule has 2 aromatic heterocycles. The number of nitrogens with zero attached hydrogens (tertiary/aromatic N) is 6. The lowest BCUT2D eigenvalue weighted by Gasteiger charge is -2.36. The molecule has 0 bridgehead atoms. The van der Waals surface area contributed by atoms with E-state index in [-0.39, 0.29) is 16.2 Å². The minimum atomic E-state index is -0.257. The van der Waals surface area contributed by atoms with Crippen LogP contribution in [0.25, 0.3) is 83.6 Å². The van der Waals surface area contributed by atoms with Gasteiger partial charge in [-0.3, -0.25) is 4.57 Å². The van der Waals surface area contributed by atoms with E-state index in [1.807, 2.05) is 0 Å². The molecule has 0 saturated heterocycles. The molecule has 0 aliphatic rings. The van der Waals surface area contributed by atoms with Crippen LogP contribution in [-0.2, 0) is 16.2 Å². The summed E-state index contributed by atoms with van der Waals surface area (Å²) in [6.07, 6.45) is 0. The maximum Gasteiger partial charge on any atom is 0.238 e. The van der Waals surface area contributed by atoms with Crippen LogP contribution in [0.1, 0.15) is 79.0 Å². The molecule has 0 aliphatic heterocycles. The van der Waals surface area contributed by atoms with E-state index in [9.17, 15) is 0 Å². The molecule has 0 aliphatic carbocycles. The second-order valence-corrected chi connectivity index (χ2v) is 25.4. The van der Waals surface area contributed by atoms with E-state index in [4.69, 9.17) is 15.0 Å². The highest BCUT2D eigenvalue weighted by Gasteiger charge is 2.30. The van der Waals surface area contributed by atoms with Crippen molar-refractivity contribution in [3.8, 4) is 51.0 Å². The fraction of sp³-hybridized carbons (Fsp3) is 0.152. The van der Waals surface area contributed by atoms with Gasteiger partial charge >= 0.3 is 0 Å². The molecule has 85 heavy (non-hydrogen) atoms. The van der Waals surface area contributed by atoms with Gasteiger partial charge in [-0.05, 0) is 145 Å². The fourth-order valence-corrected chi connectivity index (χ4v) is 11.9. The molecular weight excluding hydrogens is 1030 g/mol. The standard InChI is InChI=1S/C79H70N6/c1-77(2,3)58-40-46-62(47-41-58)83(61-44-38-56(39-45-61)74-80-75(68-35-23-29-54-26-16-17-32-65(54)68)82-76(81-74)85-69-36-20-18-33-66(69)67-34-19-21-37-70(67)85)71-51-60(79(7,8)9)52-72(73(71)55-27-14-11-15-28-55)84(63-48-42-59(43-49-63)78(4,5)6)64-31-22-30-57(50-64)53-24-12-10-13-25-53/h10-52H,1-9H3. The van der Waals surface area contributed by atoms with Crippen molar-refractivity contribution >= 4 is 66.7 Å². The number of aromatic nitrogens is 4. The third kappa shape index (κ3) is 10.5. The Labute approximate surface area is 500 Å². The quantitative estimate of drug-likeness (QED) is 0.129. The largest absolute Gasteiger partial charge is 0.310 e. The second kappa shape index (κ2) is 21.7. The number of rotatable bonds is 11. The van der Waals surface area contributed by atoms with Gasteiger partial charge < -0.3 is 9.80 Å². The van der Waals surface area contributed by atoms with Gasteiger partial charge in [0.25, 0.3) is 0 Å². The topological polar surface area (TPSA) is 50.1 Å². The average molecular weight is 1100 g/mol. The summed E-state index contributed by atoms with van der Waals surface area (Å²) in [4.78, 5) is 21.1. The highest BCUT2D eigenvalue weighted by molar-refractivity contribution is 6.09. The summed E-state index contributed by atoms with van der Waals surface area (Å²) < 4.78 is 2.19. The molecule has 13 aromatic rings. The Morgan fingerprint density at radius 1 is 0.306 bits per heavy atom. The zero-order valence-electron chi connectivity index (χ0n) is 50.0. The maximum atomic E-state index is 5.42. The van der Waals surface area contributed by atoms with Gasteiger partial charge in [-0.15, -0.1) is 0 Å². The number of para-hydroxylation sites is 2. The van der Waals surface area contributed by atoms with E-state index < -0.39 is 0 Å². The van der Waals surface area contributed by atoms with Crippen molar-refractivity contribution in [2.45, 2.75) is 78.6 Å². The van der Waals surface area contributed by atoms with Crippen LogP contribution in [0.4, 0.5) is 34.1 Å². The third-order valence-electron chi connectivity index (χ3n) is 16.5. The van der Waals surface area contributed by atoms with Crippen LogP contribution in [-0.4, -0.2) is 19.5 Å². The van der Waals surface area contributed by atoms with Gasteiger partial charge in [-0.1, -0.05) is 238 Å². The van der Waals surface area contributed by atoms with Crippen molar-refractivity contribution in [3.05, 3.63) is 278 Å². The molecule has 6 nitrogen and oxygen atoms in total. The summed E-state index contributed by atoms with van der Waals surface area (Å²) in [6.45, 7) is 20.6. The Balaban J connectivity index is 1.05. The van der Waals surface area contributed by atoms with E-state index in [2.05, 4.69) is 338 Å². The number of anilines is 6. The van der Waals surface area contributed by atoms with E-state index in [1.165, 1.54) is 16.7 Å². The molecule has 6 heteroatoms. The summed E-state index contributed by atoms with van der Waals surface area (Å²) in [5.41, 5.74) is 18.0. The molecule has 13 rings (SSSR count). The molecule has 416 valence electrons. The van der Waals surface area contributed by atoms with E-state index in [0.29, 0.717) is 17.6 Å². The average Bonchev–Trinajstić information content (AvgIpc) is 3.60. The van der Waals surface area contributed by atoms with Crippen LogP contribution >= 0.6 is 0 Å². The predicted molar refractivity (Wildman–Crippen MR) is 359 cm³/mol. The first-order chi connectivity index (χ1) is 41.0. The van der Waals surface area contributed by atoms with Crippen molar-refractivity contribution in [2.75, 3.05) is 9.80 Å². The first kappa shape index (κ1) is 54.3. The third-order valence-corrected chi connectivity index (χ3v) is 16.5. The van der Waals surface area contributed by atoms with Crippen LogP contribution in [0.2, 0.25) is 0 Å². The van der Waals surface area contributed by atoms with Crippen molar-refractivity contribution in [3.63, 3.8) is 0 Å². The first-order valence-electron chi connectivity index (χ1n) is 29.6. The Morgan fingerprint density at radius 2 is 0.741 bits per heavy atom. The molecular formula is C79H70N6. The number of benzene rings is 11. The summed E-state index contributed by atoms with van der Waals surface area (Å²) in [7, 11) is 0. The van der Waals surface area contributed by atoms with Crippen LogP contribution in [0.3, 0.4) is 0 Å². The van der Waals surface area contributed by atoms with Gasteiger partial charge in [-0.2, -0.15) is 9.97 Å². The van der Waals surface area contributed by atoms with Crippen LogP contribution in [0.15, 0.2) is 261 Å². The zero-order chi connectivity index (χ0) is 58.6. The fourth-order valence-electron chi connectivity index (χ4n) is 11.9. The molecule has 0 radical (unpaired) electrons. The smallest absolute Gasteiger partial charge is 0.238 e. The lowest BCUT2D eigenvalue weighted by Crippen LogP contribution is -2.20. The van der Waals surface area contributed by atoms with Crippen molar-refractivity contribution < 1.29 is 0 Å². The Kier molecular flexibility index (Phi) is 13.9. The van der Waals surface area contributed by atoms with Crippen LogP contribution in [0.5, 0.6) is 0 Å². The zero-order valence-corrected chi connectivity index (χ0v) is 50.0. The van der Waals surface area contributed by atoms with E-state index >= 15 is 0 Å². The van der Waals surface area contributed by atoms with E-state index in [0.717, 1.165) is 100 Å². The molecule has 2 heterocycles. The molecule has 0 atom stereocenters. The maximum absolute atomic E-state index is 5.42.